The fourth-order valence-corrected chi connectivity index (χ4v) is 21.7. The van der Waals surface area contributed by atoms with Crippen LogP contribution >= 0.6 is 0 Å². The zero-order chi connectivity index (χ0) is 40.2. The molecule has 304 valence electrons. The van der Waals surface area contributed by atoms with Gasteiger partial charge in [0, 0.05) is 54.7 Å². The summed E-state index contributed by atoms with van der Waals surface area (Å²) in [5.74, 6) is 0. The average molecular weight is 840 g/mol. The Morgan fingerprint density at radius 2 is 0.604 bits per heavy atom. The third kappa shape index (κ3) is 14.4. The SMILES string of the molecule is CO[Si](CCC[Si](C)(C)c1ccc([Si](C)(C)CCCC(C)(O)CCC[Si](C)(C)c2ccc([Si](C)(C)CCC[Si](OC)(OC)OC)cc2)cc1)(OC)OC. The van der Waals surface area contributed by atoms with E-state index in [-0.39, 0.29) is 0 Å². The van der Waals surface area contributed by atoms with Gasteiger partial charge in [-0.25, -0.2) is 0 Å². The normalized spacial score (nSPS) is 13.9. The molecule has 0 aliphatic rings. The molecule has 0 aromatic heterocycles. The first kappa shape index (κ1) is 48.6. The molecule has 0 radical (unpaired) electrons. The largest absolute Gasteiger partial charge is 0.500 e. The second-order valence-corrected chi connectivity index (χ2v) is 43.8. The maximum atomic E-state index is 11.4. The van der Waals surface area contributed by atoms with Crippen LogP contribution in [0.1, 0.15) is 45.4 Å². The molecule has 0 unspecified atom stereocenters. The highest BCUT2D eigenvalue weighted by atomic mass is 28.4. The Balaban J connectivity index is 1.87. The van der Waals surface area contributed by atoms with Crippen LogP contribution in [0.2, 0.25) is 88.6 Å². The lowest BCUT2D eigenvalue weighted by Crippen LogP contribution is -2.46. The Kier molecular flexibility index (Phi) is 19.0. The molecule has 0 saturated heterocycles. The van der Waals surface area contributed by atoms with Crippen molar-refractivity contribution in [3.05, 3.63) is 48.5 Å². The minimum absolute atomic E-state index is 0.613. The summed E-state index contributed by atoms with van der Waals surface area (Å²) < 4.78 is 33.8. The fourth-order valence-electron chi connectivity index (χ4n) is 7.88. The zero-order valence-electron chi connectivity index (χ0n) is 36.5. The third-order valence-electron chi connectivity index (χ3n) is 12.4. The molecule has 1 N–H and O–H groups in total. The molecule has 0 saturated carbocycles. The van der Waals surface area contributed by atoms with Crippen LogP contribution in [0.3, 0.4) is 0 Å². The van der Waals surface area contributed by atoms with Crippen molar-refractivity contribution in [2.75, 3.05) is 42.7 Å². The minimum Gasteiger partial charge on any atom is -0.390 e. The first-order valence-electron chi connectivity index (χ1n) is 19.9. The van der Waals surface area contributed by atoms with Gasteiger partial charge in [-0.2, -0.15) is 0 Å². The smallest absolute Gasteiger partial charge is 0.390 e. The van der Waals surface area contributed by atoms with E-state index >= 15 is 0 Å². The van der Waals surface area contributed by atoms with Crippen molar-refractivity contribution >= 4 is 70.7 Å². The highest BCUT2D eigenvalue weighted by Gasteiger charge is 2.39. The van der Waals surface area contributed by atoms with Crippen molar-refractivity contribution in [2.24, 2.45) is 0 Å². The van der Waals surface area contributed by atoms with Gasteiger partial charge in [0.25, 0.3) is 0 Å². The number of hydrogen-bond acceptors (Lipinski definition) is 7. The number of rotatable bonds is 26. The number of hydrogen-bond donors (Lipinski definition) is 1. The lowest BCUT2D eigenvalue weighted by Gasteiger charge is -2.30. The Hall–Kier alpha value is -0.539. The molecule has 0 aliphatic heterocycles. The molecule has 2 aromatic carbocycles. The Morgan fingerprint density at radius 1 is 0.396 bits per heavy atom. The van der Waals surface area contributed by atoms with Crippen molar-refractivity contribution in [1.82, 2.24) is 0 Å². The molecular formula is C40H78O7Si6. The lowest BCUT2D eigenvalue weighted by molar-refractivity contribution is 0.0404. The van der Waals surface area contributed by atoms with Crippen LogP contribution in [-0.4, -0.2) is 103 Å². The van der Waals surface area contributed by atoms with Crippen molar-refractivity contribution < 1.29 is 31.7 Å². The molecule has 0 atom stereocenters. The van der Waals surface area contributed by atoms with E-state index in [0.29, 0.717) is 0 Å². The molecule has 2 aromatic rings. The van der Waals surface area contributed by atoms with E-state index in [4.69, 9.17) is 26.6 Å². The van der Waals surface area contributed by atoms with E-state index in [1.165, 1.54) is 44.9 Å². The van der Waals surface area contributed by atoms with Crippen LogP contribution in [0.5, 0.6) is 0 Å². The monoisotopic (exact) mass is 838 g/mol. The van der Waals surface area contributed by atoms with E-state index in [2.05, 4.69) is 108 Å². The van der Waals surface area contributed by atoms with Crippen LogP contribution < -0.4 is 20.7 Å². The van der Waals surface area contributed by atoms with Gasteiger partial charge in [-0.3, -0.25) is 0 Å². The van der Waals surface area contributed by atoms with E-state index in [0.717, 1.165) is 50.6 Å². The van der Waals surface area contributed by atoms with Gasteiger partial charge in [-0.15, -0.1) is 0 Å². The quantitative estimate of drug-likeness (QED) is 0.0967. The lowest BCUT2D eigenvalue weighted by atomic mass is 9.95. The molecule has 0 fully saturated rings. The molecule has 7 nitrogen and oxygen atoms in total. The van der Waals surface area contributed by atoms with Gasteiger partial charge in [0.1, 0.15) is 0 Å². The highest BCUT2D eigenvalue weighted by molar-refractivity contribution is 6.92. The molecule has 0 bridgehead atoms. The predicted molar refractivity (Wildman–Crippen MR) is 242 cm³/mol. The van der Waals surface area contributed by atoms with Gasteiger partial charge in [-0.05, 0) is 19.8 Å². The maximum absolute atomic E-state index is 11.4. The van der Waals surface area contributed by atoms with Crippen LogP contribution in [0, 0.1) is 0 Å². The summed E-state index contributed by atoms with van der Waals surface area (Å²) in [5.41, 5.74) is -0.613. The Bertz CT molecular complexity index is 1220. The van der Waals surface area contributed by atoms with Gasteiger partial charge in [0.15, 0.2) is 0 Å². The summed E-state index contributed by atoms with van der Waals surface area (Å²) in [6.07, 6.45) is 6.00. The molecule has 0 heterocycles. The Labute approximate surface area is 331 Å². The molecule has 0 spiro atoms. The molecule has 0 aliphatic carbocycles. The maximum Gasteiger partial charge on any atom is 0.500 e. The van der Waals surface area contributed by atoms with E-state index in [1.54, 1.807) is 42.7 Å². The van der Waals surface area contributed by atoms with Gasteiger partial charge in [0.05, 0.1) is 37.9 Å². The zero-order valence-corrected chi connectivity index (χ0v) is 42.5. The minimum atomic E-state index is -2.52. The highest BCUT2D eigenvalue weighted by Crippen LogP contribution is 2.27. The molecule has 2 rings (SSSR count). The molecule has 53 heavy (non-hydrogen) atoms. The number of aliphatic hydroxyl groups is 1. The Morgan fingerprint density at radius 3 is 0.811 bits per heavy atom. The van der Waals surface area contributed by atoms with Gasteiger partial charge < -0.3 is 31.7 Å². The summed E-state index contributed by atoms with van der Waals surface area (Å²) >= 11 is 0. The van der Waals surface area contributed by atoms with Crippen molar-refractivity contribution in [2.45, 2.75) is 140 Å². The summed E-state index contributed by atoms with van der Waals surface area (Å²) in [5, 5.41) is 17.5. The van der Waals surface area contributed by atoms with Crippen LogP contribution in [-0.2, 0) is 26.6 Å². The molecule has 13 heteroatoms. The van der Waals surface area contributed by atoms with E-state index in [9.17, 15) is 5.11 Å². The van der Waals surface area contributed by atoms with Crippen LogP contribution in [0.4, 0.5) is 0 Å². The van der Waals surface area contributed by atoms with Gasteiger partial charge in [-0.1, -0.05) is 172 Å². The standard InChI is InChI=1S/C40H78O7Si6/c1-40(41,28-16-30-48(8,9)36-20-24-38(25-21-36)50(12,13)32-18-34-52(42-2,43-3)44-4)29-17-31-49(10,11)37-22-26-39(27-23-37)51(14,15)33-19-35-53(45-5,46-6)47-7/h20-27,41H,16-19,28-35H2,1-15H3. The van der Waals surface area contributed by atoms with Crippen LogP contribution in [0.15, 0.2) is 48.5 Å². The summed E-state index contributed by atoms with van der Waals surface area (Å²) in [7, 11) is -1.26. The first-order chi connectivity index (χ1) is 24.6. The third-order valence-corrected chi connectivity index (χ3v) is 32.0. The van der Waals surface area contributed by atoms with Gasteiger partial charge >= 0.3 is 17.6 Å². The fraction of sp³-hybridized carbons (Fsp3) is 0.700. The summed E-state index contributed by atoms with van der Waals surface area (Å²) in [6.45, 7) is 21.9. The van der Waals surface area contributed by atoms with Crippen molar-refractivity contribution in [3.8, 4) is 0 Å². The first-order valence-corrected chi connectivity index (χ1v) is 36.6. The van der Waals surface area contributed by atoms with Gasteiger partial charge in [0.2, 0.25) is 0 Å². The van der Waals surface area contributed by atoms with E-state index in [1.807, 2.05) is 0 Å². The second-order valence-electron chi connectivity index (χ2n) is 18.2. The van der Waals surface area contributed by atoms with E-state index < -0.39 is 55.5 Å². The van der Waals surface area contributed by atoms with Crippen molar-refractivity contribution in [1.29, 1.82) is 0 Å². The van der Waals surface area contributed by atoms with Crippen molar-refractivity contribution in [3.63, 3.8) is 0 Å². The average Bonchev–Trinajstić information content (AvgIpc) is 3.12. The second kappa shape index (κ2) is 20.8. The topological polar surface area (TPSA) is 75.6 Å². The van der Waals surface area contributed by atoms with Crippen LogP contribution in [0.25, 0.3) is 0 Å². The summed E-state index contributed by atoms with van der Waals surface area (Å²) in [6, 6.07) is 25.7. The summed E-state index contributed by atoms with van der Waals surface area (Å²) in [4.78, 5) is 0. The molecule has 0 amide bonds. The molecular weight excluding hydrogens is 761 g/mol. The predicted octanol–water partition coefficient (Wildman–Crippen LogP) is 7.90. The number of benzene rings is 2.